The number of rotatable bonds is 8. The molecule has 4 aliphatic carbocycles. The number of carbonyl (C=O) groups is 3. The van der Waals surface area contributed by atoms with Gasteiger partial charge in [-0.25, -0.2) is 4.39 Å². The van der Waals surface area contributed by atoms with E-state index in [-0.39, 0.29) is 42.2 Å². The summed E-state index contributed by atoms with van der Waals surface area (Å²) in [6.45, 7) is 7.07. The molecule has 0 bridgehead atoms. The molecule has 0 amide bonds. The van der Waals surface area contributed by atoms with Crippen LogP contribution >= 0.6 is 19.4 Å². The molecule has 8 nitrogen and oxygen atoms in total. The normalized spacial score (nSPS) is 41.3. The highest BCUT2D eigenvalue weighted by Crippen LogP contribution is 2.71. The van der Waals surface area contributed by atoms with Gasteiger partial charge in [-0.3, -0.25) is 18.9 Å². The number of halogens is 1. The van der Waals surface area contributed by atoms with Crippen molar-refractivity contribution in [2.75, 3.05) is 11.9 Å². The van der Waals surface area contributed by atoms with Gasteiger partial charge in [0, 0.05) is 41.0 Å². The van der Waals surface area contributed by atoms with Gasteiger partial charge in [-0.05, 0) is 63.5 Å². The van der Waals surface area contributed by atoms with Gasteiger partial charge in [0.25, 0.3) is 0 Å². The zero-order valence-corrected chi connectivity index (χ0v) is 24.7. The third kappa shape index (κ3) is 4.72. The molecule has 0 aromatic heterocycles. The lowest BCUT2D eigenvalue weighted by molar-refractivity contribution is -0.225. The number of hydrogen-bond acceptors (Lipinski definition) is 7. The summed E-state index contributed by atoms with van der Waals surface area (Å²) in [6.07, 6.45) is 4.68. The molecule has 218 valence electrons. The van der Waals surface area contributed by atoms with Gasteiger partial charge in [-0.15, -0.1) is 0 Å². The lowest BCUT2D eigenvalue weighted by Gasteiger charge is -2.62. The topological polar surface area (TPSA) is 138 Å². The minimum Gasteiger partial charge on any atom is -0.449 e. The lowest BCUT2D eigenvalue weighted by Crippen LogP contribution is -2.69. The highest BCUT2D eigenvalue weighted by atomic mass is 32.2. The van der Waals surface area contributed by atoms with Crippen LogP contribution in [0.3, 0.4) is 0 Å². The summed E-state index contributed by atoms with van der Waals surface area (Å²) < 4.78 is 34.7. The maximum Gasteiger partial charge on any atom is 0.325 e. The average Bonchev–Trinajstić information content (AvgIpc) is 3.06. The number of esters is 1. The number of aliphatic hydroxyl groups is 1. The number of fused-ring (bicyclic) bond motifs is 5. The largest absolute Gasteiger partial charge is 0.449 e. The first-order valence-corrected chi connectivity index (χ1v) is 16.6. The van der Waals surface area contributed by atoms with E-state index in [1.165, 1.54) is 12.2 Å². The highest BCUT2D eigenvalue weighted by Gasteiger charge is 2.77. The van der Waals surface area contributed by atoms with Crippen LogP contribution in [0.2, 0.25) is 0 Å². The van der Waals surface area contributed by atoms with Crippen molar-refractivity contribution in [2.45, 2.75) is 90.0 Å². The fourth-order valence-electron chi connectivity index (χ4n) is 8.17. The van der Waals surface area contributed by atoms with Crippen molar-refractivity contribution in [1.82, 2.24) is 0 Å². The van der Waals surface area contributed by atoms with Gasteiger partial charge in [-0.2, -0.15) is 0 Å². The van der Waals surface area contributed by atoms with Crippen molar-refractivity contribution in [3.05, 3.63) is 23.8 Å². The first kappa shape index (κ1) is 30.6. The number of allylic oxidation sites excluding steroid dienone is 4. The predicted octanol–water partition coefficient (Wildman–Crippen LogP) is 4.51. The monoisotopic (exact) mass is 586 g/mol. The lowest BCUT2D eigenvalue weighted by atomic mass is 9.45. The molecule has 3 N–H and O–H groups in total. The molecule has 4 aliphatic rings. The summed E-state index contributed by atoms with van der Waals surface area (Å²) >= 11 is 0.979. The molecule has 0 spiro atoms. The number of alkyl halides is 1. The Kier molecular flexibility index (Phi) is 8.25. The van der Waals surface area contributed by atoms with Crippen LogP contribution in [0.25, 0.3) is 0 Å². The smallest absolute Gasteiger partial charge is 0.325 e. The van der Waals surface area contributed by atoms with Gasteiger partial charge in [0.1, 0.15) is 0 Å². The standard InChI is InChI=1S/C28H40FO8PS/c1-5-23(32)37-28(24(33)39-13-7-6-12-38(34,35)36)17(2)14-21-20-9-8-18-15-19(30)10-11-25(18,3)27(20,29)22(31)16-26(21,28)4/h10-11,15,17,20-22,31H,5-9,12-14,16H2,1-4H3,(H2,34,35,36)/t17-,20+,21+,22+,25+,26+,27+,28+/m1/s1. The summed E-state index contributed by atoms with van der Waals surface area (Å²) in [4.78, 5) is 57.1. The van der Waals surface area contributed by atoms with Gasteiger partial charge in [-0.1, -0.05) is 44.2 Å². The maximum atomic E-state index is 17.4. The van der Waals surface area contributed by atoms with Crippen molar-refractivity contribution in [3.8, 4) is 0 Å². The SMILES string of the molecule is CCC(=O)O[C@]1(C(=O)SCCCCP(=O)(O)O)[C@H](C)C[C@H]2[C@@H]3CCC4=CC(=O)C=C[C@]4(C)[C@@]3(F)[C@@H](O)C[C@@]21C. The minimum absolute atomic E-state index is 0.0551. The molecular weight excluding hydrogens is 546 g/mol. The van der Waals surface area contributed by atoms with E-state index in [1.807, 2.05) is 13.8 Å². The van der Waals surface area contributed by atoms with E-state index in [4.69, 9.17) is 14.5 Å². The fourth-order valence-corrected chi connectivity index (χ4v) is 10.0. The van der Waals surface area contributed by atoms with Crippen molar-refractivity contribution in [2.24, 2.45) is 28.6 Å². The number of hydrogen-bond donors (Lipinski definition) is 3. The van der Waals surface area contributed by atoms with Crippen LogP contribution in [0.15, 0.2) is 23.8 Å². The number of aliphatic hydroxyl groups excluding tert-OH is 1. The molecule has 0 unspecified atom stereocenters. The molecular formula is C28H40FO8PS. The van der Waals surface area contributed by atoms with Crippen molar-refractivity contribution in [3.63, 3.8) is 0 Å². The maximum absolute atomic E-state index is 17.4. The fraction of sp³-hybridized carbons (Fsp3) is 0.750. The van der Waals surface area contributed by atoms with Gasteiger partial charge in [0.15, 0.2) is 17.1 Å². The summed E-state index contributed by atoms with van der Waals surface area (Å²) in [5.41, 5.74) is -5.14. The van der Waals surface area contributed by atoms with Crippen LogP contribution in [-0.4, -0.2) is 61.0 Å². The Balaban J connectivity index is 1.69. The molecule has 3 saturated carbocycles. The molecule has 0 aromatic carbocycles. The molecule has 0 aromatic rings. The molecule has 11 heteroatoms. The van der Waals surface area contributed by atoms with Crippen molar-refractivity contribution in [1.29, 1.82) is 0 Å². The number of unbranched alkanes of at least 4 members (excludes halogenated alkanes) is 1. The van der Waals surface area contributed by atoms with Crippen LogP contribution in [0.4, 0.5) is 4.39 Å². The Morgan fingerprint density at radius 3 is 2.56 bits per heavy atom. The molecule has 4 rings (SSSR count). The van der Waals surface area contributed by atoms with E-state index in [9.17, 15) is 24.1 Å². The van der Waals surface area contributed by atoms with Gasteiger partial charge >= 0.3 is 13.6 Å². The first-order chi connectivity index (χ1) is 18.1. The first-order valence-electron chi connectivity index (χ1n) is 13.8. The van der Waals surface area contributed by atoms with Crippen LogP contribution in [0.1, 0.15) is 72.6 Å². The van der Waals surface area contributed by atoms with E-state index in [0.717, 1.165) is 11.8 Å². The van der Waals surface area contributed by atoms with Crippen molar-refractivity contribution < 1.29 is 43.0 Å². The number of thioether (sulfide) groups is 1. The Morgan fingerprint density at radius 2 is 1.92 bits per heavy atom. The van der Waals surface area contributed by atoms with Crippen LogP contribution < -0.4 is 0 Å². The van der Waals surface area contributed by atoms with Gasteiger partial charge in [0.05, 0.1) is 6.10 Å². The second kappa shape index (κ2) is 10.5. The van der Waals surface area contributed by atoms with Gasteiger partial charge < -0.3 is 19.6 Å². The zero-order chi connectivity index (χ0) is 29.0. The van der Waals surface area contributed by atoms with E-state index in [1.54, 1.807) is 19.9 Å². The molecule has 0 aliphatic heterocycles. The summed E-state index contributed by atoms with van der Waals surface area (Å²) in [5, 5.41) is 11.2. The summed E-state index contributed by atoms with van der Waals surface area (Å²) in [7, 11) is -4.13. The molecule has 0 saturated heterocycles. The number of carbonyl (C=O) groups excluding carboxylic acids is 3. The van der Waals surface area contributed by atoms with E-state index in [2.05, 4.69) is 0 Å². The van der Waals surface area contributed by atoms with Crippen LogP contribution in [0, 0.1) is 28.6 Å². The quantitative estimate of drug-likeness (QED) is 0.213. The third-order valence-electron chi connectivity index (χ3n) is 10.1. The van der Waals surface area contributed by atoms with Crippen molar-refractivity contribution >= 4 is 36.2 Å². The Morgan fingerprint density at radius 1 is 1.23 bits per heavy atom. The highest BCUT2D eigenvalue weighted by molar-refractivity contribution is 8.13. The second-order valence-corrected chi connectivity index (χ2v) is 15.0. The van der Waals surface area contributed by atoms with Crippen LogP contribution in [0.5, 0.6) is 0 Å². The minimum atomic E-state index is -4.13. The van der Waals surface area contributed by atoms with E-state index in [0.29, 0.717) is 37.0 Å². The zero-order valence-electron chi connectivity index (χ0n) is 23.0. The Labute approximate surface area is 233 Å². The Bertz CT molecular complexity index is 1150. The number of ether oxygens (including phenoxy) is 1. The molecule has 39 heavy (non-hydrogen) atoms. The van der Waals surface area contributed by atoms with Crippen LogP contribution in [-0.2, 0) is 23.7 Å². The number of ketones is 1. The summed E-state index contributed by atoms with van der Waals surface area (Å²) in [5.74, 6) is -1.84. The Hall–Kier alpha value is -1.32. The average molecular weight is 587 g/mol. The third-order valence-corrected chi connectivity index (χ3v) is 12.1. The molecule has 8 atom stereocenters. The van der Waals surface area contributed by atoms with Gasteiger partial charge in [0.2, 0.25) is 5.12 Å². The summed E-state index contributed by atoms with van der Waals surface area (Å²) in [6, 6.07) is 0. The molecule has 0 heterocycles. The predicted molar refractivity (Wildman–Crippen MR) is 146 cm³/mol. The molecule has 0 radical (unpaired) electrons. The second-order valence-electron chi connectivity index (χ2n) is 12.2. The van der Waals surface area contributed by atoms with E-state index >= 15 is 4.39 Å². The van der Waals surface area contributed by atoms with E-state index < -0.39 is 53.6 Å². The molecule has 3 fully saturated rings.